The minimum Gasteiger partial charge on any atom is -0.475 e. The number of aryl methyl sites for hydroxylation is 1. The minimum atomic E-state index is -5.08. The van der Waals surface area contributed by atoms with Gasteiger partial charge in [-0.1, -0.05) is 30.3 Å². The number of aromatic nitrogens is 2. The number of aliphatic carboxylic acids is 1. The number of likely N-dealkylation sites (tertiary alicyclic amines) is 1. The summed E-state index contributed by atoms with van der Waals surface area (Å²) in [4.78, 5) is 32.5. The second kappa shape index (κ2) is 12.1. The number of amides is 1. The van der Waals surface area contributed by atoms with Gasteiger partial charge in [-0.2, -0.15) is 13.2 Å². The predicted molar refractivity (Wildman–Crippen MR) is 120 cm³/mol. The van der Waals surface area contributed by atoms with E-state index in [1.54, 1.807) is 6.20 Å². The number of carbonyl (C=O) groups excluding carboxylic acids is 1. The van der Waals surface area contributed by atoms with Gasteiger partial charge in [-0.05, 0) is 31.4 Å². The average molecular weight is 495 g/mol. The van der Waals surface area contributed by atoms with Gasteiger partial charge in [0.05, 0.1) is 30.5 Å². The van der Waals surface area contributed by atoms with Crippen LogP contribution in [-0.2, 0) is 27.4 Å². The van der Waals surface area contributed by atoms with Gasteiger partial charge in [-0.3, -0.25) is 19.7 Å². The Kier molecular flexibility index (Phi) is 9.16. The van der Waals surface area contributed by atoms with Crippen LogP contribution in [0.15, 0.2) is 42.7 Å². The normalized spacial score (nSPS) is 22.0. The average Bonchev–Trinajstić information content (AvgIpc) is 3.20. The fourth-order valence-corrected chi connectivity index (χ4v) is 4.39. The van der Waals surface area contributed by atoms with Crippen LogP contribution < -0.4 is 5.32 Å². The Bertz CT molecular complexity index is 990. The smallest absolute Gasteiger partial charge is 0.475 e. The van der Waals surface area contributed by atoms with Crippen LogP contribution in [0.4, 0.5) is 13.2 Å². The van der Waals surface area contributed by atoms with Crippen LogP contribution >= 0.6 is 0 Å². The first-order valence-electron chi connectivity index (χ1n) is 11.3. The summed E-state index contributed by atoms with van der Waals surface area (Å²) in [5.41, 5.74) is 3.10. The number of carboxylic acids is 1. The number of carbonyl (C=O) groups is 2. The predicted octanol–water partition coefficient (Wildman–Crippen LogP) is 2.96. The third-order valence-electron chi connectivity index (χ3n) is 6.03. The number of alkyl halides is 3. The summed E-state index contributed by atoms with van der Waals surface area (Å²) in [6.07, 6.45) is 0.123. The second-order valence-electron chi connectivity index (χ2n) is 8.74. The zero-order valence-electron chi connectivity index (χ0n) is 19.4. The van der Waals surface area contributed by atoms with Gasteiger partial charge in [-0.15, -0.1) is 0 Å². The molecule has 190 valence electrons. The van der Waals surface area contributed by atoms with E-state index in [1.807, 2.05) is 43.5 Å². The van der Waals surface area contributed by atoms with E-state index in [9.17, 15) is 18.0 Å². The number of hydrogen-bond donors (Lipinski definition) is 2. The van der Waals surface area contributed by atoms with Gasteiger partial charge in [0, 0.05) is 37.9 Å². The number of fused-ring (bicyclic) bond motifs is 1. The molecular formula is C24H29F3N4O4. The van der Waals surface area contributed by atoms with E-state index in [-0.39, 0.29) is 12.0 Å². The number of benzene rings is 1. The Hall–Kier alpha value is -3.05. The van der Waals surface area contributed by atoms with Gasteiger partial charge in [0.2, 0.25) is 5.91 Å². The molecule has 0 aliphatic carbocycles. The summed E-state index contributed by atoms with van der Waals surface area (Å²) < 4.78 is 37.8. The van der Waals surface area contributed by atoms with Crippen LogP contribution in [0.1, 0.15) is 29.8 Å². The first kappa shape index (κ1) is 26.6. The summed E-state index contributed by atoms with van der Waals surface area (Å²) in [6, 6.07) is 10.0. The summed E-state index contributed by atoms with van der Waals surface area (Å²) in [6.45, 7) is 6.15. The van der Waals surface area contributed by atoms with Crippen molar-refractivity contribution in [2.24, 2.45) is 11.8 Å². The lowest BCUT2D eigenvalue weighted by molar-refractivity contribution is -0.192. The van der Waals surface area contributed by atoms with Crippen molar-refractivity contribution in [1.82, 2.24) is 20.2 Å². The molecule has 11 heteroatoms. The van der Waals surface area contributed by atoms with Crippen LogP contribution in [0.25, 0.3) is 0 Å². The molecule has 1 aromatic carbocycles. The molecule has 2 aliphatic heterocycles. The highest BCUT2D eigenvalue weighted by atomic mass is 19.4. The molecule has 2 aliphatic rings. The molecule has 4 rings (SSSR count). The lowest BCUT2D eigenvalue weighted by Crippen LogP contribution is -2.42. The van der Waals surface area contributed by atoms with Crippen LogP contribution in [0, 0.1) is 18.8 Å². The Morgan fingerprint density at radius 2 is 1.94 bits per heavy atom. The van der Waals surface area contributed by atoms with Gasteiger partial charge in [-0.25, -0.2) is 4.79 Å². The summed E-state index contributed by atoms with van der Waals surface area (Å²) in [5.74, 6) is -1.71. The Morgan fingerprint density at radius 1 is 1.23 bits per heavy atom. The largest absolute Gasteiger partial charge is 0.490 e. The third kappa shape index (κ3) is 8.29. The van der Waals surface area contributed by atoms with E-state index < -0.39 is 12.1 Å². The van der Waals surface area contributed by atoms with E-state index in [0.29, 0.717) is 24.8 Å². The van der Waals surface area contributed by atoms with Crippen molar-refractivity contribution in [3.8, 4) is 0 Å². The number of hydrogen-bond acceptors (Lipinski definition) is 6. The maximum atomic E-state index is 12.4. The molecule has 2 saturated heterocycles. The molecule has 0 unspecified atom stereocenters. The zero-order valence-corrected chi connectivity index (χ0v) is 19.4. The van der Waals surface area contributed by atoms with Crippen molar-refractivity contribution in [1.29, 1.82) is 0 Å². The first-order valence-corrected chi connectivity index (χ1v) is 11.3. The molecule has 1 amide bonds. The van der Waals surface area contributed by atoms with Gasteiger partial charge >= 0.3 is 12.1 Å². The molecular weight excluding hydrogens is 465 g/mol. The van der Waals surface area contributed by atoms with Crippen molar-refractivity contribution >= 4 is 11.9 Å². The van der Waals surface area contributed by atoms with Crippen molar-refractivity contribution in [3.63, 3.8) is 0 Å². The molecule has 3 atom stereocenters. The molecule has 8 nitrogen and oxygen atoms in total. The van der Waals surface area contributed by atoms with Crippen LogP contribution in [0.5, 0.6) is 0 Å². The quantitative estimate of drug-likeness (QED) is 0.636. The summed E-state index contributed by atoms with van der Waals surface area (Å²) in [7, 11) is 0. The standard InChI is InChI=1S/C22H28N4O2.C2HF3O2/c1-16-10-23-12-19(25-16)14-26-8-7-20-18(13-26)15-28-21(20)9-22(27)24-11-17-5-3-2-4-6-17;3-2(4,5)1(6)7/h2-6,10,12,18,20-21H,7-9,11,13-15H2,1H3,(H,24,27);(H,6,7)/t18-,20-,21+;/m1./s1. The number of rotatable bonds is 6. The van der Waals surface area contributed by atoms with Crippen LogP contribution in [-0.4, -0.2) is 63.8 Å². The number of carboxylic acid groups (broad SMARTS) is 1. The molecule has 0 saturated carbocycles. The number of nitrogens with zero attached hydrogens (tertiary/aromatic N) is 3. The van der Waals surface area contributed by atoms with Crippen molar-refractivity contribution in [2.45, 2.75) is 45.1 Å². The molecule has 1 aromatic heterocycles. The highest BCUT2D eigenvalue weighted by Crippen LogP contribution is 2.36. The van der Waals surface area contributed by atoms with E-state index in [0.717, 1.165) is 49.6 Å². The first-order chi connectivity index (χ1) is 16.6. The lowest BCUT2D eigenvalue weighted by Gasteiger charge is -2.35. The highest BCUT2D eigenvalue weighted by Gasteiger charge is 2.41. The van der Waals surface area contributed by atoms with E-state index >= 15 is 0 Å². The Morgan fingerprint density at radius 3 is 2.60 bits per heavy atom. The van der Waals surface area contributed by atoms with Gasteiger partial charge < -0.3 is 15.2 Å². The maximum Gasteiger partial charge on any atom is 0.490 e. The van der Waals surface area contributed by atoms with Gasteiger partial charge in [0.15, 0.2) is 0 Å². The number of piperidine rings is 1. The molecule has 0 radical (unpaired) electrons. The van der Waals surface area contributed by atoms with Gasteiger partial charge in [0.25, 0.3) is 0 Å². The molecule has 0 spiro atoms. The SMILES string of the molecule is Cc1cncc(CN2CC[C@@H]3[C@@H](CO[C@H]3CC(=O)NCc3ccccc3)C2)n1.O=C(O)C(F)(F)F. The summed E-state index contributed by atoms with van der Waals surface area (Å²) in [5, 5.41) is 10.1. The van der Waals surface area contributed by atoms with Crippen LogP contribution in [0.2, 0.25) is 0 Å². The highest BCUT2D eigenvalue weighted by molar-refractivity contribution is 5.76. The number of halogens is 3. The maximum absolute atomic E-state index is 12.4. The van der Waals surface area contributed by atoms with Crippen molar-refractivity contribution in [2.75, 3.05) is 19.7 Å². The van der Waals surface area contributed by atoms with Gasteiger partial charge in [0.1, 0.15) is 0 Å². The van der Waals surface area contributed by atoms with Crippen molar-refractivity contribution in [3.05, 3.63) is 59.7 Å². The molecule has 0 bridgehead atoms. The number of ether oxygens (including phenoxy) is 1. The van der Waals surface area contributed by atoms with E-state index in [4.69, 9.17) is 14.6 Å². The molecule has 35 heavy (non-hydrogen) atoms. The molecule has 3 heterocycles. The third-order valence-corrected chi connectivity index (χ3v) is 6.03. The topological polar surface area (TPSA) is 105 Å². The van der Waals surface area contributed by atoms with E-state index in [1.165, 1.54) is 0 Å². The molecule has 2 N–H and O–H groups in total. The van der Waals surface area contributed by atoms with Crippen molar-refractivity contribution < 1.29 is 32.6 Å². The zero-order chi connectivity index (χ0) is 25.4. The molecule has 2 fully saturated rings. The minimum absolute atomic E-state index is 0.0432. The van der Waals surface area contributed by atoms with E-state index in [2.05, 4.69) is 20.2 Å². The Balaban J connectivity index is 0.000000429. The molecule has 2 aromatic rings. The fraction of sp³-hybridized carbons (Fsp3) is 0.500. The lowest BCUT2D eigenvalue weighted by atomic mass is 9.83. The monoisotopic (exact) mass is 494 g/mol. The Labute approximate surface area is 201 Å². The number of nitrogens with one attached hydrogen (secondary N) is 1. The second-order valence-corrected chi connectivity index (χ2v) is 8.74. The summed E-state index contributed by atoms with van der Waals surface area (Å²) >= 11 is 0. The fourth-order valence-electron chi connectivity index (χ4n) is 4.39. The van der Waals surface area contributed by atoms with Crippen LogP contribution in [0.3, 0.4) is 0 Å².